The summed E-state index contributed by atoms with van der Waals surface area (Å²) < 4.78 is 10.6. The van der Waals surface area contributed by atoms with Crippen molar-refractivity contribution >= 4 is 35.6 Å². The number of hydrogen-bond acceptors (Lipinski definition) is 6. The van der Waals surface area contributed by atoms with Crippen molar-refractivity contribution in [2.24, 2.45) is 11.8 Å². The number of nitrogens with zero attached hydrogens (tertiary/aromatic N) is 2. The molecule has 3 aliphatic rings. The van der Waals surface area contributed by atoms with Crippen LogP contribution in [0.2, 0.25) is 0 Å². The SMILES string of the molecule is CCOC(=O)C1CCCN(C(=O)C2CCC3S/C(=C\c4ccccc4OC)C(=O)N(C)C3C2)C1. The van der Waals surface area contributed by atoms with E-state index >= 15 is 0 Å². The Labute approximate surface area is 205 Å². The Bertz CT molecular complexity index is 964. The van der Waals surface area contributed by atoms with Gasteiger partial charge in [-0.15, -0.1) is 11.8 Å². The van der Waals surface area contributed by atoms with E-state index in [0.29, 0.717) is 31.0 Å². The maximum absolute atomic E-state index is 13.4. The molecular weight excluding hydrogens is 452 g/mol. The van der Waals surface area contributed by atoms with Crippen molar-refractivity contribution in [3.8, 4) is 5.75 Å². The van der Waals surface area contributed by atoms with E-state index < -0.39 is 0 Å². The monoisotopic (exact) mass is 486 g/mol. The predicted molar refractivity (Wildman–Crippen MR) is 132 cm³/mol. The minimum atomic E-state index is -0.230. The minimum absolute atomic E-state index is 0.00870. The second kappa shape index (κ2) is 10.8. The molecule has 2 heterocycles. The van der Waals surface area contributed by atoms with Gasteiger partial charge in [-0.3, -0.25) is 14.4 Å². The highest BCUT2D eigenvalue weighted by atomic mass is 32.2. The van der Waals surface area contributed by atoms with E-state index in [2.05, 4.69) is 0 Å². The van der Waals surface area contributed by atoms with Crippen molar-refractivity contribution in [1.29, 1.82) is 0 Å². The lowest BCUT2D eigenvalue weighted by atomic mass is 9.83. The maximum atomic E-state index is 13.4. The second-order valence-electron chi connectivity index (χ2n) is 9.28. The summed E-state index contributed by atoms with van der Waals surface area (Å²) in [6, 6.07) is 7.71. The van der Waals surface area contributed by atoms with E-state index in [-0.39, 0.29) is 40.9 Å². The van der Waals surface area contributed by atoms with Crippen molar-refractivity contribution in [2.75, 3.05) is 33.9 Å². The predicted octanol–water partition coefficient (Wildman–Crippen LogP) is 3.58. The number of thioether (sulfide) groups is 1. The number of carbonyl (C=O) groups is 3. The molecule has 0 bridgehead atoms. The third-order valence-corrected chi connectivity index (χ3v) is 8.59. The molecule has 1 aromatic rings. The van der Waals surface area contributed by atoms with Crippen molar-refractivity contribution in [1.82, 2.24) is 9.80 Å². The number of carbonyl (C=O) groups excluding carboxylic acids is 3. The summed E-state index contributed by atoms with van der Waals surface area (Å²) in [5.41, 5.74) is 0.887. The van der Waals surface area contributed by atoms with Crippen LogP contribution in [0.25, 0.3) is 6.08 Å². The van der Waals surface area contributed by atoms with Crippen molar-refractivity contribution < 1.29 is 23.9 Å². The van der Waals surface area contributed by atoms with Crippen LogP contribution < -0.4 is 4.74 Å². The van der Waals surface area contributed by atoms with E-state index in [1.54, 1.807) is 25.8 Å². The fourth-order valence-corrected chi connectivity index (χ4v) is 6.81. The number of piperidine rings is 1. The van der Waals surface area contributed by atoms with Gasteiger partial charge in [0, 0.05) is 42.9 Å². The van der Waals surface area contributed by atoms with Crippen LogP contribution >= 0.6 is 11.8 Å². The van der Waals surface area contributed by atoms with Crippen LogP contribution in [0.3, 0.4) is 0 Å². The number of likely N-dealkylation sites (N-methyl/N-ethyl adjacent to an activating group) is 1. The molecule has 2 saturated heterocycles. The molecule has 184 valence electrons. The van der Waals surface area contributed by atoms with Gasteiger partial charge in [-0.2, -0.15) is 0 Å². The highest BCUT2D eigenvalue weighted by Gasteiger charge is 2.44. The van der Waals surface area contributed by atoms with E-state index in [1.807, 2.05) is 47.2 Å². The van der Waals surface area contributed by atoms with Gasteiger partial charge < -0.3 is 19.3 Å². The van der Waals surface area contributed by atoms with Gasteiger partial charge in [0.05, 0.1) is 24.5 Å². The molecule has 0 aromatic heterocycles. The Hall–Kier alpha value is -2.48. The Balaban J connectivity index is 1.42. The van der Waals surface area contributed by atoms with E-state index in [9.17, 15) is 14.4 Å². The Morgan fingerprint density at radius 3 is 2.74 bits per heavy atom. The molecule has 1 saturated carbocycles. The fourth-order valence-electron chi connectivity index (χ4n) is 5.34. The average Bonchev–Trinajstić information content (AvgIpc) is 2.87. The standard InChI is InChI=1S/C26H34N2O5S/c1-4-33-26(31)19-9-7-13-28(16-19)24(29)18-11-12-22-20(14-18)27(2)25(30)23(34-22)15-17-8-5-6-10-21(17)32-3/h5-6,8,10,15,18-20,22H,4,7,9,11-14,16H2,1-3H3/b23-15-. The van der Waals surface area contributed by atoms with Crippen molar-refractivity contribution in [2.45, 2.75) is 50.3 Å². The first-order chi connectivity index (χ1) is 16.4. The second-order valence-corrected chi connectivity index (χ2v) is 10.6. The number of para-hydroxylation sites is 1. The summed E-state index contributed by atoms with van der Waals surface area (Å²) in [5, 5.41) is 0.265. The summed E-state index contributed by atoms with van der Waals surface area (Å²) in [5.74, 6) is 0.306. The number of methoxy groups -OCH3 is 1. The zero-order chi connectivity index (χ0) is 24.2. The summed E-state index contributed by atoms with van der Waals surface area (Å²) in [6.45, 7) is 3.30. The third-order valence-electron chi connectivity index (χ3n) is 7.19. The van der Waals surface area contributed by atoms with Crippen LogP contribution in [-0.2, 0) is 19.1 Å². The van der Waals surface area contributed by atoms with Crippen LogP contribution in [0.4, 0.5) is 0 Å². The van der Waals surface area contributed by atoms with Crippen LogP contribution in [0.15, 0.2) is 29.2 Å². The number of hydrogen-bond donors (Lipinski definition) is 0. The molecule has 4 rings (SSSR count). The summed E-state index contributed by atoms with van der Waals surface area (Å²) in [4.78, 5) is 43.1. The molecule has 0 radical (unpaired) electrons. The lowest BCUT2D eigenvalue weighted by Gasteiger charge is -2.45. The highest BCUT2D eigenvalue weighted by molar-refractivity contribution is 8.04. The Morgan fingerprint density at radius 1 is 1.18 bits per heavy atom. The van der Waals surface area contributed by atoms with E-state index in [0.717, 1.165) is 37.0 Å². The van der Waals surface area contributed by atoms with Gasteiger partial charge >= 0.3 is 5.97 Å². The van der Waals surface area contributed by atoms with Crippen LogP contribution in [0.1, 0.15) is 44.6 Å². The molecule has 8 heteroatoms. The Kier molecular flexibility index (Phi) is 7.86. The van der Waals surface area contributed by atoms with Gasteiger partial charge in [-0.05, 0) is 51.2 Å². The van der Waals surface area contributed by atoms with Gasteiger partial charge in [-0.25, -0.2) is 0 Å². The quantitative estimate of drug-likeness (QED) is 0.468. The number of ether oxygens (including phenoxy) is 2. The molecule has 0 spiro atoms. The number of fused-ring (bicyclic) bond motifs is 1. The molecule has 3 fully saturated rings. The largest absolute Gasteiger partial charge is 0.496 e. The summed E-state index contributed by atoms with van der Waals surface area (Å²) in [7, 11) is 3.48. The average molecular weight is 487 g/mol. The molecule has 1 aromatic carbocycles. The normalized spacial score (nSPS) is 28.4. The van der Waals surface area contributed by atoms with E-state index in [1.165, 1.54) is 0 Å². The molecule has 7 nitrogen and oxygen atoms in total. The molecule has 4 atom stereocenters. The first kappa shape index (κ1) is 24.6. The Morgan fingerprint density at radius 2 is 1.97 bits per heavy atom. The number of amides is 2. The lowest BCUT2D eigenvalue weighted by molar-refractivity contribution is -0.152. The molecule has 2 amide bonds. The highest BCUT2D eigenvalue weighted by Crippen LogP contribution is 2.44. The molecule has 1 aliphatic carbocycles. The lowest BCUT2D eigenvalue weighted by Crippen LogP contribution is -2.53. The topological polar surface area (TPSA) is 76.1 Å². The summed E-state index contributed by atoms with van der Waals surface area (Å²) >= 11 is 1.63. The molecule has 34 heavy (non-hydrogen) atoms. The number of likely N-dealkylation sites (tertiary alicyclic amines) is 1. The fraction of sp³-hybridized carbons (Fsp3) is 0.577. The first-order valence-corrected chi connectivity index (χ1v) is 13.0. The summed E-state index contributed by atoms with van der Waals surface area (Å²) in [6.07, 6.45) is 5.85. The molecular formula is C26H34N2O5S. The van der Waals surface area contributed by atoms with Crippen molar-refractivity contribution in [3.05, 3.63) is 34.7 Å². The molecule has 0 N–H and O–H groups in total. The zero-order valence-corrected chi connectivity index (χ0v) is 21.0. The minimum Gasteiger partial charge on any atom is -0.496 e. The third kappa shape index (κ3) is 5.11. The van der Waals surface area contributed by atoms with Gasteiger partial charge in [0.25, 0.3) is 5.91 Å². The smallest absolute Gasteiger partial charge is 0.310 e. The van der Waals surface area contributed by atoms with Crippen LogP contribution in [0, 0.1) is 11.8 Å². The van der Waals surface area contributed by atoms with Crippen molar-refractivity contribution in [3.63, 3.8) is 0 Å². The van der Waals surface area contributed by atoms with Gasteiger partial charge in [0.2, 0.25) is 5.91 Å². The zero-order valence-electron chi connectivity index (χ0n) is 20.2. The number of rotatable bonds is 5. The van der Waals surface area contributed by atoms with Crippen LogP contribution in [0.5, 0.6) is 5.75 Å². The number of benzene rings is 1. The van der Waals surface area contributed by atoms with Gasteiger partial charge in [-0.1, -0.05) is 18.2 Å². The van der Waals surface area contributed by atoms with E-state index in [4.69, 9.17) is 9.47 Å². The van der Waals surface area contributed by atoms with Gasteiger partial charge in [0.1, 0.15) is 5.75 Å². The van der Waals surface area contributed by atoms with Gasteiger partial charge in [0.15, 0.2) is 0 Å². The maximum Gasteiger partial charge on any atom is 0.310 e. The molecule has 2 aliphatic heterocycles. The number of esters is 1. The molecule has 4 unspecified atom stereocenters. The van der Waals surface area contributed by atoms with Crippen LogP contribution in [-0.4, -0.2) is 72.7 Å². The first-order valence-electron chi connectivity index (χ1n) is 12.2.